The van der Waals surface area contributed by atoms with Gasteiger partial charge in [0, 0.05) is 6.04 Å². The van der Waals surface area contributed by atoms with Crippen LogP contribution in [0.4, 0.5) is 0 Å². The number of hydrogen-bond donors (Lipinski definition) is 1. The van der Waals surface area contributed by atoms with Crippen LogP contribution < -0.4 is 5.32 Å². The number of ether oxygens (including phenoxy) is 1. The number of rotatable bonds is 2. The maximum atomic E-state index is 11.4. The molecule has 3 unspecified atom stereocenters. The van der Waals surface area contributed by atoms with Gasteiger partial charge in [0.2, 0.25) is 0 Å². The first-order chi connectivity index (χ1) is 7.05. The van der Waals surface area contributed by atoms with Crippen LogP contribution in [0.5, 0.6) is 0 Å². The molecule has 0 radical (unpaired) electrons. The van der Waals surface area contributed by atoms with E-state index >= 15 is 0 Å². The lowest BCUT2D eigenvalue weighted by molar-refractivity contribution is 0.0798. The summed E-state index contributed by atoms with van der Waals surface area (Å²) in [6, 6.07) is 0.398. The molecule has 3 atom stereocenters. The van der Waals surface area contributed by atoms with Gasteiger partial charge < -0.3 is 4.74 Å². The van der Waals surface area contributed by atoms with Crippen molar-refractivity contribution in [2.75, 3.05) is 18.1 Å². The van der Waals surface area contributed by atoms with Gasteiger partial charge in [-0.05, 0) is 32.1 Å². The minimum Gasteiger partial charge on any atom is -0.362 e. The summed E-state index contributed by atoms with van der Waals surface area (Å²) >= 11 is 0. The highest BCUT2D eigenvalue weighted by Crippen LogP contribution is 2.24. The normalized spacial score (nSPS) is 40.5. The third-order valence-electron chi connectivity index (χ3n) is 3.12. The molecule has 4 nitrogen and oxygen atoms in total. The third kappa shape index (κ3) is 3.16. The quantitative estimate of drug-likeness (QED) is 0.756. The molecule has 15 heavy (non-hydrogen) atoms. The molecule has 0 bridgehead atoms. The molecule has 2 rings (SSSR count). The molecule has 2 saturated heterocycles. The fraction of sp³-hybridized carbons (Fsp3) is 1.00. The topological polar surface area (TPSA) is 55.4 Å². The van der Waals surface area contributed by atoms with Crippen LogP contribution in [0.3, 0.4) is 0 Å². The molecule has 1 N–H and O–H groups in total. The second-order valence-corrected chi connectivity index (χ2v) is 6.98. The second kappa shape index (κ2) is 4.39. The van der Waals surface area contributed by atoms with E-state index in [1.807, 2.05) is 0 Å². The SMILES string of the molecule is CC1COC(CC2CCCS(=O)(=O)C2)N1. The summed E-state index contributed by atoms with van der Waals surface area (Å²) in [5, 5.41) is 3.31. The molecular weight excluding hydrogens is 214 g/mol. The highest BCUT2D eigenvalue weighted by atomic mass is 32.2. The summed E-state index contributed by atoms with van der Waals surface area (Å²) in [6.07, 6.45) is 2.74. The van der Waals surface area contributed by atoms with Crippen molar-refractivity contribution in [1.29, 1.82) is 0 Å². The van der Waals surface area contributed by atoms with Gasteiger partial charge in [0.1, 0.15) is 6.23 Å². The van der Waals surface area contributed by atoms with Gasteiger partial charge in [-0.25, -0.2) is 8.42 Å². The predicted molar refractivity (Wildman–Crippen MR) is 58.3 cm³/mol. The molecule has 2 fully saturated rings. The van der Waals surface area contributed by atoms with Crippen LogP contribution in [-0.2, 0) is 14.6 Å². The Bertz CT molecular complexity index is 315. The highest BCUT2D eigenvalue weighted by molar-refractivity contribution is 7.91. The van der Waals surface area contributed by atoms with Gasteiger partial charge >= 0.3 is 0 Å². The van der Waals surface area contributed by atoms with Gasteiger partial charge in [0.25, 0.3) is 0 Å². The van der Waals surface area contributed by atoms with Crippen molar-refractivity contribution in [1.82, 2.24) is 5.32 Å². The van der Waals surface area contributed by atoms with E-state index in [9.17, 15) is 8.42 Å². The van der Waals surface area contributed by atoms with Gasteiger partial charge in [-0.1, -0.05) is 0 Å². The summed E-state index contributed by atoms with van der Waals surface area (Å²) in [5.41, 5.74) is 0. The van der Waals surface area contributed by atoms with E-state index in [4.69, 9.17) is 4.74 Å². The summed E-state index contributed by atoms with van der Waals surface area (Å²) in [7, 11) is -2.77. The average Bonchev–Trinajstić information content (AvgIpc) is 2.49. The van der Waals surface area contributed by atoms with Gasteiger partial charge in [-0.3, -0.25) is 5.32 Å². The fourth-order valence-electron chi connectivity index (χ4n) is 2.42. The van der Waals surface area contributed by atoms with Crippen LogP contribution in [0.2, 0.25) is 0 Å². The van der Waals surface area contributed by atoms with Crippen LogP contribution in [0, 0.1) is 5.92 Å². The first-order valence-electron chi connectivity index (χ1n) is 5.63. The van der Waals surface area contributed by atoms with Crippen molar-refractivity contribution >= 4 is 9.84 Å². The van der Waals surface area contributed by atoms with E-state index in [2.05, 4.69) is 12.2 Å². The molecule has 0 aromatic carbocycles. The van der Waals surface area contributed by atoms with Crippen LogP contribution in [0.25, 0.3) is 0 Å². The number of hydrogen-bond acceptors (Lipinski definition) is 4. The molecule has 2 aliphatic heterocycles. The number of nitrogens with one attached hydrogen (secondary N) is 1. The Kier molecular flexibility index (Phi) is 3.33. The predicted octanol–water partition coefficient (Wildman–Crippen LogP) is 0.536. The van der Waals surface area contributed by atoms with Gasteiger partial charge in [0.15, 0.2) is 9.84 Å². The van der Waals surface area contributed by atoms with E-state index in [0.29, 0.717) is 17.5 Å². The first-order valence-corrected chi connectivity index (χ1v) is 7.45. The molecule has 0 aliphatic carbocycles. The van der Waals surface area contributed by atoms with Crippen LogP contribution in [0.15, 0.2) is 0 Å². The standard InChI is InChI=1S/C10H19NO3S/c1-8-6-14-10(11-8)5-9-3-2-4-15(12,13)7-9/h8-11H,2-7H2,1H3. The van der Waals surface area contributed by atoms with Gasteiger partial charge in [-0.2, -0.15) is 0 Å². The minimum absolute atomic E-state index is 0.0679. The van der Waals surface area contributed by atoms with Crippen LogP contribution in [0.1, 0.15) is 26.2 Å². The zero-order valence-electron chi connectivity index (χ0n) is 9.11. The molecular formula is C10H19NO3S. The number of sulfone groups is 1. The maximum Gasteiger partial charge on any atom is 0.150 e. The van der Waals surface area contributed by atoms with Crippen molar-refractivity contribution in [3.8, 4) is 0 Å². The van der Waals surface area contributed by atoms with Crippen LogP contribution in [-0.4, -0.2) is 38.8 Å². The Hall–Kier alpha value is -0.130. The van der Waals surface area contributed by atoms with Gasteiger partial charge in [0.05, 0.1) is 18.1 Å². The molecule has 0 aromatic heterocycles. The molecule has 0 spiro atoms. The molecule has 0 saturated carbocycles. The van der Waals surface area contributed by atoms with Crippen molar-refractivity contribution in [2.45, 2.75) is 38.5 Å². The molecule has 0 amide bonds. The average molecular weight is 233 g/mol. The summed E-state index contributed by atoms with van der Waals surface area (Å²) in [5.74, 6) is 1.01. The fourth-order valence-corrected chi connectivity index (χ4v) is 4.21. The Morgan fingerprint density at radius 3 is 2.87 bits per heavy atom. The third-order valence-corrected chi connectivity index (χ3v) is 5.01. The van der Waals surface area contributed by atoms with Crippen molar-refractivity contribution in [2.24, 2.45) is 5.92 Å². The largest absolute Gasteiger partial charge is 0.362 e. The minimum atomic E-state index is -2.77. The zero-order valence-corrected chi connectivity index (χ0v) is 9.92. The van der Waals surface area contributed by atoms with Crippen molar-refractivity contribution < 1.29 is 13.2 Å². The lowest BCUT2D eigenvalue weighted by Gasteiger charge is -2.24. The van der Waals surface area contributed by atoms with Crippen molar-refractivity contribution in [3.63, 3.8) is 0 Å². The highest BCUT2D eigenvalue weighted by Gasteiger charge is 2.29. The summed E-state index contributed by atoms with van der Waals surface area (Å²) in [6.45, 7) is 2.82. The monoisotopic (exact) mass is 233 g/mol. The molecule has 5 heteroatoms. The lowest BCUT2D eigenvalue weighted by atomic mass is 10.0. The summed E-state index contributed by atoms with van der Waals surface area (Å²) < 4.78 is 28.4. The van der Waals surface area contributed by atoms with E-state index in [-0.39, 0.29) is 12.1 Å². The second-order valence-electron chi connectivity index (χ2n) is 4.75. The summed E-state index contributed by atoms with van der Waals surface area (Å²) in [4.78, 5) is 0. The van der Waals surface area contributed by atoms with E-state index in [1.54, 1.807) is 0 Å². The first kappa shape index (κ1) is 11.4. The Labute approximate surface area is 91.3 Å². The zero-order chi connectivity index (χ0) is 10.9. The van der Waals surface area contributed by atoms with E-state index < -0.39 is 9.84 Å². The molecule has 0 aromatic rings. The van der Waals surface area contributed by atoms with Crippen molar-refractivity contribution in [3.05, 3.63) is 0 Å². The Morgan fingerprint density at radius 1 is 1.47 bits per heavy atom. The molecule has 88 valence electrons. The van der Waals surface area contributed by atoms with E-state index in [1.165, 1.54) is 0 Å². The molecule has 2 heterocycles. The smallest absolute Gasteiger partial charge is 0.150 e. The van der Waals surface area contributed by atoms with E-state index in [0.717, 1.165) is 25.9 Å². The lowest BCUT2D eigenvalue weighted by Crippen LogP contribution is -2.34. The molecule has 2 aliphatic rings. The Balaban J connectivity index is 1.84. The van der Waals surface area contributed by atoms with Crippen LogP contribution >= 0.6 is 0 Å². The maximum absolute atomic E-state index is 11.4. The van der Waals surface area contributed by atoms with Gasteiger partial charge in [-0.15, -0.1) is 0 Å². The Morgan fingerprint density at radius 2 is 2.27 bits per heavy atom.